The molecule has 0 aromatic carbocycles. The van der Waals surface area contributed by atoms with Gasteiger partial charge in [0.2, 0.25) is 0 Å². The van der Waals surface area contributed by atoms with E-state index in [0.29, 0.717) is 5.96 Å². The van der Waals surface area contributed by atoms with Gasteiger partial charge in [-0.25, -0.2) is 0 Å². The van der Waals surface area contributed by atoms with Crippen molar-refractivity contribution < 1.29 is 0 Å². The second kappa shape index (κ2) is 8.58. The van der Waals surface area contributed by atoms with Crippen LogP contribution in [-0.2, 0) is 0 Å². The monoisotopic (exact) mass is 253 g/mol. The molecule has 0 unspecified atom stereocenters. The van der Waals surface area contributed by atoms with Crippen molar-refractivity contribution in [3.05, 3.63) is 24.0 Å². The van der Waals surface area contributed by atoms with Gasteiger partial charge >= 0.3 is 0 Å². The number of nitrogens with one attached hydrogen (secondary N) is 2. The fourth-order valence-electron chi connectivity index (χ4n) is 1.30. The molecule has 0 aromatic rings. The molecule has 0 saturated heterocycles. The third kappa shape index (κ3) is 9.72. The zero-order valence-corrected chi connectivity index (χ0v) is 12.2. The predicted molar refractivity (Wildman–Crippen MR) is 79.3 cm³/mol. The molecule has 0 atom stereocenters. The van der Waals surface area contributed by atoms with E-state index in [1.54, 1.807) is 0 Å². The molecule has 0 aliphatic carbocycles. The van der Waals surface area contributed by atoms with Crippen LogP contribution in [0.2, 0.25) is 0 Å². The Morgan fingerprint density at radius 2 is 2.06 bits per heavy atom. The fraction of sp³-hybridized carbons (Fsp3) is 0.615. The van der Waals surface area contributed by atoms with Crippen LogP contribution >= 0.6 is 0 Å². The molecule has 0 bridgehead atoms. The van der Waals surface area contributed by atoms with Crippen LogP contribution in [0, 0.1) is 0 Å². The molecule has 0 aromatic heterocycles. The largest absolute Gasteiger partial charge is 0.384 e. The van der Waals surface area contributed by atoms with Crippen molar-refractivity contribution in [2.24, 2.45) is 10.7 Å². The maximum Gasteiger partial charge on any atom is 0.193 e. The number of allylic oxidation sites excluding steroid dienone is 2. The molecule has 0 rings (SSSR count). The number of likely N-dealkylation sites (N-methyl/N-ethyl adjacent to an activating group) is 1. The first kappa shape index (κ1) is 16.5. The first-order valence-electron chi connectivity index (χ1n) is 6.17. The van der Waals surface area contributed by atoms with Crippen molar-refractivity contribution in [1.29, 1.82) is 0 Å². The average Bonchev–Trinajstić information content (AvgIpc) is 2.14. The number of hydrogen-bond acceptors (Lipinski definition) is 3. The molecule has 0 fully saturated rings. The second-order valence-electron chi connectivity index (χ2n) is 4.82. The van der Waals surface area contributed by atoms with Crippen molar-refractivity contribution in [2.45, 2.75) is 26.8 Å². The van der Waals surface area contributed by atoms with Crippen LogP contribution < -0.4 is 16.4 Å². The van der Waals surface area contributed by atoms with Crippen LogP contribution in [0.3, 0.4) is 0 Å². The Hall–Kier alpha value is -1.49. The van der Waals surface area contributed by atoms with Gasteiger partial charge in [0.15, 0.2) is 5.96 Å². The van der Waals surface area contributed by atoms with Crippen molar-refractivity contribution in [3.63, 3.8) is 0 Å². The molecule has 0 amide bonds. The molecule has 104 valence electrons. The molecule has 0 radical (unpaired) electrons. The maximum atomic E-state index is 5.73. The van der Waals surface area contributed by atoms with Gasteiger partial charge in [-0.15, -0.1) is 0 Å². The molecule has 5 heteroatoms. The highest BCUT2D eigenvalue weighted by molar-refractivity contribution is 5.79. The zero-order chi connectivity index (χ0) is 14.1. The number of nitrogens with zero attached hydrogens (tertiary/aromatic N) is 2. The number of nitrogens with two attached hydrogens (primary N) is 1. The lowest BCUT2D eigenvalue weighted by atomic mass is 10.3. The molecule has 0 aliphatic rings. The summed E-state index contributed by atoms with van der Waals surface area (Å²) in [7, 11) is 4.08. The highest BCUT2D eigenvalue weighted by atomic mass is 15.1. The fourth-order valence-corrected chi connectivity index (χ4v) is 1.30. The number of rotatable bonds is 7. The van der Waals surface area contributed by atoms with Crippen LogP contribution in [0.4, 0.5) is 0 Å². The summed E-state index contributed by atoms with van der Waals surface area (Å²) in [5.74, 6) is 0.430. The Kier molecular flexibility index (Phi) is 7.87. The first-order chi connectivity index (χ1) is 8.31. The number of aliphatic imine (C=N–C) groups is 1. The topological polar surface area (TPSA) is 65.7 Å². The summed E-state index contributed by atoms with van der Waals surface area (Å²) < 4.78 is 0. The van der Waals surface area contributed by atoms with Crippen LogP contribution in [-0.4, -0.2) is 44.1 Å². The summed E-state index contributed by atoms with van der Waals surface area (Å²) in [5.41, 5.74) is 7.51. The van der Waals surface area contributed by atoms with Crippen molar-refractivity contribution in [3.8, 4) is 0 Å². The van der Waals surface area contributed by atoms with Gasteiger partial charge in [0.1, 0.15) is 0 Å². The Balaban J connectivity index is 4.12. The SMILES string of the molecule is C=C(/C=C(/C)NC(N)=NC(C)C)NCCN(C)C. The van der Waals surface area contributed by atoms with E-state index in [4.69, 9.17) is 5.73 Å². The Morgan fingerprint density at radius 3 is 2.56 bits per heavy atom. The van der Waals surface area contributed by atoms with Crippen LogP contribution in [0.15, 0.2) is 29.0 Å². The molecule has 18 heavy (non-hydrogen) atoms. The highest BCUT2D eigenvalue weighted by Crippen LogP contribution is 1.94. The van der Waals surface area contributed by atoms with E-state index in [1.165, 1.54) is 0 Å². The minimum absolute atomic E-state index is 0.187. The molecule has 0 aliphatic heterocycles. The van der Waals surface area contributed by atoms with Crippen LogP contribution in [0.5, 0.6) is 0 Å². The van der Waals surface area contributed by atoms with Gasteiger partial charge in [0.05, 0.1) is 0 Å². The molecule has 0 spiro atoms. The van der Waals surface area contributed by atoms with Crippen molar-refractivity contribution in [1.82, 2.24) is 15.5 Å². The molecule has 0 heterocycles. The summed E-state index contributed by atoms with van der Waals surface area (Å²) in [4.78, 5) is 6.31. The highest BCUT2D eigenvalue weighted by Gasteiger charge is 1.96. The van der Waals surface area contributed by atoms with E-state index in [9.17, 15) is 0 Å². The van der Waals surface area contributed by atoms with E-state index in [-0.39, 0.29) is 6.04 Å². The van der Waals surface area contributed by atoms with Gasteiger partial charge in [-0.2, -0.15) is 0 Å². The van der Waals surface area contributed by atoms with Crippen LogP contribution in [0.25, 0.3) is 0 Å². The third-order valence-electron chi connectivity index (χ3n) is 2.02. The lowest BCUT2D eigenvalue weighted by Gasteiger charge is -2.12. The van der Waals surface area contributed by atoms with Gasteiger partial charge in [-0.1, -0.05) is 6.58 Å². The quantitative estimate of drug-likeness (QED) is 0.358. The summed E-state index contributed by atoms with van der Waals surface area (Å²) >= 11 is 0. The Bertz CT molecular complexity index is 315. The van der Waals surface area contributed by atoms with Gasteiger partial charge < -0.3 is 21.3 Å². The van der Waals surface area contributed by atoms with E-state index in [2.05, 4.69) is 27.1 Å². The number of hydrogen-bond donors (Lipinski definition) is 3. The first-order valence-corrected chi connectivity index (χ1v) is 6.17. The number of guanidine groups is 1. The van der Waals surface area contributed by atoms with E-state index in [0.717, 1.165) is 24.5 Å². The molecular formula is C13H27N5. The van der Waals surface area contributed by atoms with Gasteiger partial charge in [-0.3, -0.25) is 4.99 Å². The lowest BCUT2D eigenvalue weighted by Crippen LogP contribution is -2.31. The molecule has 5 nitrogen and oxygen atoms in total. The Morgan fingerprint density at radius 1 is 1.44 bits per heavy atom. The molecule has 0 saturated carbocycles. The molecule has 4 N–H and O–H groups in total. The Labute approximate surface area is 111 Å². The minimum atomic E-state index is 0.187. The zero-order valence-electron chi connectivity index (χ0n) is 12.2. The third-order valence-corrected chi connectivity index (χ3v) is 2.02. The average molecular weight is 253 g/mol. The molecular weight excluding hydrogens is 226 g/mol. The standard InChI is InChI=1S/C13H27N5/c1-10(2)16-13(14)17-12(4)9-11(3)15-7-8-18(5)6/h9-10,15H,3,7-8H2,1-2,4-6H3,(H3,14,16,17)/b12-9-. The second-order valence-corrected chi connectivity index (χ2v) is 4.82. The minimum Gasteiger partial charge on any atom is -0.384 e. The summed E-state index contributed by atoms with van der Waals surface area (Å²) in [6, 6.07) is 0.187. The van der Waals surface area contributed by atoms with E-state index in [1.807, 2.05) is 40.9 Å². The normalized spacial score (nSPS) is 13.1. The predicted octanol–water partition coefficient (Wildman–Crippen LogP) is 0.868. The van der Waals surface area contributed by atoms with E-state index >= 15 is 0 Å². The smallest absolute Gasteiger partial charge is 0.193 e. The van der Waals surface area contributed by atoms with Crippen molar-refractivity contribution >= 4 is 5.96 Å². The van der Waals surface area contributed by atoms with E-state index < -0.39 is 0 Å². The van der Waals surface area contributed by atoms with Crippen molar-refractivity contribution in [2.75, 3.05) is 27.2 Å². The summed E-state index contributed by atoms with van der Waals surface area (Å²) in [5, 5.41) is 6.24. The van der Waals surface area contributed by atoms with Gasteiger partial charge in [0.25, 0.3) is 0 Å². The summed E-state index contributed by atoms with van der Waals surface area (Å²) in [6.07, 6.45) is 1.92. The maximum absolute atomic E-state index is 5.73. The van der Waals surface area contributed by atoms with Gasteiger partial charge in [0, 0.05) is 30.5 Å². The van der Waals surface area contributed by atoms with Gasteiger partial charge in [-0.05, 0) is 40.9 Å². The summed E-state index contributed by atoms with van der Waals surface area (Å²) in [6.45, 7) is 11.7. The lowest BCUT2D eigenvalue weighted by molar-refractivity contribution is 0.409. The van der Waals surface area contributed by atoms with Crippen LogP contribution in [0.1, 0.15) is 20.8 Å².